The van der Waals surface area contributed by atoms with Gasteiger partial charge in [0, 0.05) is 25.7 Å². The molecule has 1 atom stereocenters. The van der Waals surface area contributed by atoms with E-state index in [-0.39, 0.29) is 29.0 Å². The molecular formula is C21H26N2O5S. The Morgan fingerprint density at radius 2 is 1.90 bits per heavy atom. The smallest absolute Gasteiger partial charge is 0.246 e. The van der Waals surface area contributed by atoms with Crippen molar-refractivity contribution in [2.75, 3.05) is 27.3 Å². The summed E-state index contributed by atoms with van der Waals surface area (Å²) in [4.78, 5) is 12.7. The first-order chi connectivity index (χ1) is 14.0. The molecular weight excluding hydrogens is 392 g/mol. The van der Waals surface area contributed by atoms with Gasteiger partial charge in [0.2, 0.25) is 15.9 Å². The molecule has 0 aromatic heterocycles. The van der Waals surface area contributed by atoms with Gasteiger partial charge in [-0.3, -0.25) is 4.79 Å². The van der Waals surface area contributed by atoms with Gasteiger partial charge >= 0.3 is 0 Å². The van der Waals surface area contributed by atoms with Crippen molar-refractivity contribution in [2.24, 2.45) is 5.92 Å². The minimum atomic E-state index is -3.82. The molecule has 1 N–H and O–H groups in total. The van der Waals surface area contributed by atoms with E-state index in [1.165, 1.54) is 24.6 Å². The van der Waals surface area contributed by atoms with Crippen LogP contribution in [-0.4, -0.2) is 45.9 Å². The van der Waals surface area contributed by atoms with Gasteiger partial charge in [0.05, 0.1) is 20.1 Å². The van der Waals surface area contributed by atoms with E-state index in [2.05, 4.69) is 5.32 Å². The number of hydrogen-bond acceptors (Lipinski definition) is 5. The Kier molecular flexibility index (Phi) is 6.76. The fourth-order valence-corrected chi connectivity index (χ4v) is 5.12. The number of piperidine rings is 1. The molecule has 1 fully saturated rings. The number of nitrogens with one attached hydrogen (secondary N) is 1. The average molecular weight is 419 g/mol. The highest BCUT2D eigenvalue weighted by atomic mass is 32.2. The normalized spacial score (nSPS) is 17.5. The Morgan fingerprint density at radius 1 is 1.14 bits per heavy atom. The lowest BCUT2D eigenvalue weighted by Crippen LogP contribution is -2.45. The minimum Gasteiger partial charge on any atom is -0.497 e. The highest BCUT2D eigenvalue weighted by molar-refractivity contribution is 7.89. The van der Waals surface area contributed by atoms with Crippen LogP contribution in [-0.2, 0) is 21.4 Å². The zero-order valence-corrected chi connectivity index (χ0v) is 17.4. The van der Waals surface area contributed by atoms with Crippen molar-refractivity contribution in [3.63, 3.8) is 0 Å². The predicted molar refractivity (Wildman–Crippen MR) is 109 cm³/mol. The summed E-state index contributed by atoms with van der Waals surface area (Å²) >= 11 is 0. The zero-order chi connectivity index (χ0) is 20.9. The van der Waals surface area contributed by atoms with Gasteiger partial charge in [-0.25, -0.2) is 8.42 Å². The van der Waals surface area contributed by atoms with E-state index in [1.807, 2.05) is 30.3 Å². The first-order valence-electron chi connectivity index (χ1n) is 9.49. The van der Waals surface area contributed by atoms with E-state index in [4.69, 9.17) is 9.47 Å². The highest BCUT2D eigenvalue weighted by Crippen LogP contribution is 2.32. The number of carbonyl (C=O) groups excluding carboxylic acids is 1. The molecule has 0 saturated carbocycles. The van der Waals surface area contributed by atoms with Crippen molar-refractivity contribution < 1.29 is 22.7 Å². The molecule has 2 aromatic carbocycles. The fourth-order valence-electron chi connectivity index (χ4n) is 3.43. The Bertz CT molecular complexity index is 947. The third-order valence-electron chi connectivity index (χ3n) is 5.05. The standard InChI is InChI=1S/C21H26N2O5S/c1-27-18-10-11-19(28-2)20(13-18)29(25,26)23-12-6-9-17(15-23)21(24)22-14-16-7-4-3-5-8-16/h3-5,7-8,10-11,13,17H,6,9,12,14-15H2,1-2H3,(H,22,24)/t17-/m0/s1. The summed E-state index contributed by atoms with van der Waals surface area (Å²) in [5, 5.41) is 2.92. The summed E-state index contributed by atoms with van der Waals surface area (Å²) in [6, 6.07) is 14.3. The summed E-state index contributed by atoms with van der Waals surface area (Å²) < 4.78 is 38.3. The van der Waals surface area contributed by atoms with Crippen LogP contribution in [0.3, 0.4) is 0 Å². The second kappa shape index (κ2) is 9.28. The van der Waals surface area contributed by atoms with Crippen molar-refractivity contribution in [3.05, 3.63) is 54.1 Å². The maximum Gasteiger partial charge on any atom is 0.246 e. The van der Waals surface area contributed by atoms with Crippen molar-refractivity contribution in [2.45, 2.75) is 24.3 Å². The monoisotopic (exact) mass is 418 g/mol. The number of carbonyl (C=O) groups is 1. The fraction of sp³-hybridized carbons (Fsp3) is 0.381. The van der Waals surface area contributed by atoms with Gasteiger partial charge < -0.3 is 14.8 Å². The largest absolute Gasteiger partial charge is 0.497 e. The molecule has 1 aliphatic rings. The van der Waals surface area contributed by atoms with Crippen LogP contribution in [0, 0.1) is 5.92 Å². The molecule has 3 rings (SSSR count). The zero-order valence-electron chi connectivity index (χ0n) is 16.6. The van der Waals surface area contributed by atoms with Crippen LogP contribution in [0.5, 0.6) is 11.5 Å². The summed E-state index contributed by atoms with van der Waals surface area (Å²) in [5.74, 6) is 0.158. The van der Waals surface area contributed by atoms with Crippen molar-refractivity contribution in [1.29, 1.82) is 0 Å². The van der Waals surface area contributed by atoms with Gasteiger partial charge in [-0.2, -0.15) is 4.31 Å². The predicted octanol–water partition coefficient (Wildman–Crippen LogP) is 2.42. The van der Waals surface area contributed by atoms with Crippen LogP contribution in [0.1, 0.15) is 18.4 Å². The van der Waals surface area contributed by atoms with Gasteiger partial charge in [-0.15, -0.1) is 0 Å². The van der Waals surface area contributed by atoms with Gasteiger partial charge in [-0.05, 0) is 30.5 Å². The molecule has 1 amide bonds. The first-order valence-corrected chi connectivity index (χ1v) is 10.9. The van der Waals surface area contributed by atoms with Crippen LogP contribution in [0.25, 0.3) is 0 Å². The van der Waals surface area contributed by atoms with E-state index in [0.29, 0.717) is 31.7 Å². The molecule has 29 heavy (non-hydrogen) atoms. The molecule has 1 saturated heterocycles. The van der Waals surface area contributed by atoms with Gasteiger partial charge in [0.1, 0.15) is 16.4 Å². The molecule has 0 bridgehead atoms. The number of ether oxygens (including phenoxy) is 2. The van der Waals surface area contributed by atoms with Crippen LogP contribution in [0.2, 0.25) is 0 Å². The number of amides is 1. The van der Waals surface area contributed by atoms with Crippen LogP contribution >= 0.6 is 0 Å². The molecule has 1 heterocycles. The van der Waals surface area contributed by atoms with E-state index in [1.54, 1.807) is 12.1 Å². The third-order valence-corrected chi connectivity index (χ3v) is 6.94. The van der Waals surface area contributed by atoms with Crippen LogP contribution < -0.4 is 14.8 Å². The number of sulfonamides is 1. The van der Waals surface area contributed by atoms with Gasteiger partial charge in [0.25, 0.3) is 0 Å². The SMILES string of the molecule is COc1ccc(OC)c(S(=O)(=O)N2CCC[C@H](C(=O)NCc3ccccc3)C2)c1. The molecule has 7 nitrogen and oxygen atoms in total. The molecule has 2 aromatic rings. The van der Waals surface area contributed by atoms with Crippen LogP contribution in [0.4, 0.5) is 0 Å². The minimum absolute atomic E-state index is 0.0460. The Balaban J connectivity index is 1.73. The van der Waals surface area contributed by atoms with Gasteiger partial charge in [-0.1, -0.05) is 30.3 Å². The molecule has 0 aliphatic carbocycles. The number of nitrogens with zero attached hydrogens (tertiary/aromatic N) is 1. The second-order valence-electron chi connectivity index (χ2n) is 6.92. The lowest BCUT2D eigenvalue weighted by Gasteiger charge is -2.31. The lowest BCUT2D eigenvalue weighted by molar-refractivity contribution is -0.126. The lowest BCUT2D eigenvalue weighted by atomic mass is 9.99. The Hall–Kier alpha value is -2.58. The summed E-state index contributed by atoms with van der Waals surface area (Å²) in [7, 11) is -0.917. The molecule has 156 valence electrons. The van der Waals surface area contributed by atoms with Crippen LogP contribution in [0.15, 0.2) is 53.4 Å². The van der Waals surface area contributed by atoms with E-state index in [9.17, 15) is 13.2 Å². The molecule has 0 radical (unpaired) electrons. The molecule has 8 heteroatoms. The van der Waals surface area contributed by atoms with E-state index >= 15 is 0 Å². The number of rotatable bonds is 7. The number of methoxy groups -OCH3 is 2. The van der Waals surface area contributed by atoms with Crippen molar-refractivity contribution in [3.8, 4) is 11.5 Å². The number of hydrogen-bond donors (Lipinski definition) is 1. The van der Waals surface area contributed by atoms with Crippen molar-refractivity contribution >= 4 is 15.9 Å². The molecule has 1 aliphatic heterocycles. The second-order valence-corrected chi connectivity index (χ2v) is 8.83. The maximum atomic E-state index is 13.2. The van der Waals surface area contributed by atoms with E-state index < -0.39 is 10.0 Å². The topological polar surface area (TPSA) is 84.9 Å². The number of benzene rings is 2. The molecule has 0 spiro atoms. The summed E-state index contributed by atoms with van der Waals surface area (Å²) in [6.07, 6.45) is 1.27. The van der Waals surface area contributed by atoms with Crippen molar-refractivity contribution in [1.82, 2.24) is 9.62 Å². The summed E-state index contributed by atoms with van der Waals surface area (Å²) in [5.41, 5.74) is 1.00. The summed E-state index contributed by atoms with van der Waals surface area (Å²) in [6.45, 7) is 0.932. The Labute approximate surface area is 171 Å². The Morgan fingerprint density at radius 3 is 2.59 bits per heavy atom. The maximum absolute atomic E-state index is 13.2. The first kappa shape index (κ1) is 21.1. The third kappa shape index (κ3) is 4.89. The average Bonchev–Trinajstić information content (AvgIpc) is 2.77. The van der Waals surface area contributed by atoms with E-state index in [0.717, 1.165) is 5.56 Å². The quantitative estimate of drug-likeness (QED) is 0.747. The van der Waals surface area contributed by atoms with Gasteiger partial charge in [0.15, 0.2) is 0 Å². The highest BCUT2D eigenvalue weighted by Gasteiger charge is 2.35. The molecule has 0 unspecified atom stereocenters.